The second-order valence-electron chi connectivity index (χ2n) is 12.7. The average Bonchev–Trinajstić information content (AvgIpc) is 3.72. The highest BCUT2D eigenvalue weighted by Crippen LogP contribution is 2.30. The molecule has 0 radical (unpaired) electrons. The summed E-state index contributed by atoms with van der Waals surface area (Å²) in [6, 6.07) is 8.08. The third kappa shape index (κ3) is 13.2. The number of nitrogens with zero attached hydrogens (tertiary/aromatic N) is 1. The topological polar surface area (TPSA) is 287 Å². The monoisotopic (exact) mass is 826 g/mol. The minimum Gasteiger partial charge on any atom is -0.493 e. The molecule has 2 unspecified atom stereocenters. The molecule has 4 amide bonds. The van der Waals surface area contributed by atoms with Gasteiger partial charge in [-0.25, -0.2) is 14.4 Å². The zero-order valence-corrected chi connectivity index (χ0v) is 32.7. The van der Waals surface area contributed by atoms with Crippen LogP contribution in [0.15, 0.2) is 52.9 Å². The number of furan rings is 1. The first kappa shape index (κ1) is 46.3. The van der Waals surface area contributed by atoms with Crippen LogP contribution in [0.1, 0.15) is 83.6 Å². The van der Waals surface area contributed by atoms with Crippen LogP contribution in [0.2, 0.25) is 0 Å². The largest absolute Gasteiger partial charge is 0.493 e. The second-order valence-corrected chi connectivity index (χ2v) is 12.7. The van der Waals surface area contributed by atoms with Gasteiger partial charge < -0.3 is 54.7 Å². The SMILES string of the molecule is CCCCCC(C(=O)NCNC(=O)c1ccc(-c2ccc(C(=O)NC(CC(=O)O)C(=O)O)c(OCC(=O)O)c2)o1)[C@@H](CC)N(C=O)OC(=O)c1ccc(OC)c(OC)c1. The Morgan fingerprint density at radius 1 is 0.831 bits per heavy atom. The van der Waals surface area contributed by atoms with Crippen LogP contribution in [0.25, 0.3) is 11.3 Å². The maximum atomic E-state index is 13.6. The number of carbonyl (C=O) groups excluding carboxylic acids is 5. The maximum absolute atomic E-state index is 13.6. The molecule has 1 heterocycles. The van der Waals surface area contributed by atoms with Gasteiger partial charge in [-0.1, -0.05) is 39.2 Å². The number of ether oxygens (including phenoxy) is 3. The molecular formula is C39H46N4O16. The number of hydrogen-bond donors (Lipinski definition) is 6. The van der Waals surface area contributed by atoms with E-state index < -0.39 is 72.6 Å². The van der Waals surface area contributed by atoms with Gasteiger partial charge in [-0.3, -0.25) is 24.0 Å². The van der Waals surface area contributed by atoms with Gasteiger partial charge in [0.2, 0.25) is 12.3 Å². The van der Waals surface area contributed by atoms with E-state index in [0.717, 1.165) is 17.9 Å². The van der Waals surface area contributed by atoms with Crippen molar-refractivity contribution in [2.24, 2.45) is 5.92 Å². The molecule has 6 N–H and O–H groups in total. The molecule has 3 atom stereocenters. The number of benzene rings is 2. The first-order valence-electron chi connectivity index (χ1n) is 18.3. The normalized spacial score (nSPS) is 12.1. The van der Waals surface area contributed by atoms with Crippen molar-refractivity contribution in [1.29, 1.82) is 0 Å². The number of aliphatic carboxylic acids is 3. The summed E-state index contributed by atoms with van der Waals surface area (Å²) >= 11 is 0. The Bertz CT molecular complexity index is 2000. The lowest BCUT2D eigenvalue weighted by molar-refractivity contribution is -0.171. The highest BCUT2D eigenvalue weighted by molar-refractivity contribution is 6.00. The van der Waals surface area contributed by atoms with Crippen LogP contribution in [0, 0.1) is 5.92 Å². The second kappa shape index (κ2) is 22.6. The summed E-state index contributed by atoms with van der Waals surface area (Å²) < 4.78 is 21.4. The van der Waals surface area contributed by atoms with Crippen molar-refractivity contribution in [2.45, 2.75) is 64.5 Å². The van der Waals surface area contributed by atoms with Gasteiger partial charge in [0.05, 0.1) is 50.4 Å². The number of carboxylic acid groups (broad SMARTS) is 3. The van der Waals surface area contributed by atoms with Crippen LogP contribution in [0.5, 0.6) is 17.2 Å². The predicted octanol–water partition coefficient (Wildman–Crippen LogP) is 3.09. The van der Waals surface area contributed by atoms with Crippen LogP contribution in [-0.4, -0.2) is 108 Å². The molecule has 3 aromatic rings. The molecular weight excluding hydrogens is 780 g/mol. The highest BCUT2D eigenvalue weighted by Gasteiger charge is 2.34. The number of hydrogen-bond acceptors (Lipinski definition) is 13. The summed E-state index contributed by atoms with van der Waals surface area (Å²) in [6.45, 7) is 2.45. The van der Waals surface area contributed by atoms with E-state index in [0.29, 0.717) is 25.0 Å². The van der Waals surface area contributed by atoms with Gasteiger partial charge in [0, 0.05) is 5.56 Å². The van der Waals surface area contributed by atoms with Crippen molar-refractivity contribution >= 4 is 48.0 Å². The Balaban J connectivity index is 1.73. The number of unbranched alkanes of at least 4 members (excludes halogenated alkanes) is 2. The Morgan fingerprint density at radius 3 is 2.17 bits per heavy atom. The molecule has 0 aliphatic heterocycles. The van der Waals surface area contributed by atoms with Crippen LogP contribution < -0.4 is 30.2 Å². The summed E-state index contributed by atoms with van der Waals surface area (Å²) in [7, 11) is 2.83. The Kier molecular flexibility index (Phi) is 17.7. The fourth-order valence-corrected chi connectivity index (χ4v) is 5.81. The highest BCUT2D eigenvalue weighted by atomic mass is 16.7. The molecule has 0 aliphatic rings. The van der Waals surface area contributed by atoms with Crippen LogP contribution in [0.3, 0.4) is 0 Å². The molecule has 0 saturated carbocycles. The number of amides is 4. The van der Waals surface area contributed by atoms with E-state index in [4.69, 9.17) is 33.7 Å². The zero-order valence-electron chi connectivity index (χ0n) is 32.7. The predicted molar refractivity (Wildman–Crippen MR) is 203 cm³/mol. The molecule has 20 heteroatoms. The Hall–Kier alpha value is -7.12. The first-order chi connectivity index (χ1) is 28.2. The van der Waals surface area contributed by atoms with E-state index in [2.05, 4.69) is 16.0 Å². The van der Waals surface area contributed by atoms with E-state index in [1.807, 2.05) is 6.92 Å². The van der Waals surface area contributed by atoms with Crippen molar-refractivity contribution in [2.75, 3.05) is 27.5 Å². The summed E-state index contributed by atoms with van der Waals surface area (Å²) in [4.78, 5) is 104. The van der Waals surface area contributed by atoms with Gasteiger partial charge in [0.25, 0.3) is 11.8 Å². The Morgan fingerprint density at radius 2 is 1.56 bits per heavy atom. The van der Waals surface area contributed by atoms with E-state index in [1.54, 1.807) is 6.92 Å². The third-order valence-corrected chi connectivity index (χ3v) is 8.76. The van der Waals surface area contributed by atoms with Gasteiger partial charge in [0.15, 0.2) is 23.9 Å². The molecule has 0 aliphatic carbocycles. The summed E-state index contributed by atoms with van der Waals surface area (Å²) in [5.74, 6) is -8.36. The van der Waals surface area contributed by atoms with Crippen molar-refractivity contribution < 1.29 is 77.1 Å². The number of rotatable bonds is 25. The van der Waals surface area contributed by atoms with Crippen LogP contribution in [-0.2, 0) is 28.8 Å². The standard InChI is InChI=1S/C39H46N4O16/c1-5-7-8-9-24(27(6-2)43(21-44)59-39(54)23-11-13-29(55-3)32(17-23)56-4)35(49)40-20-41-37(51)30-15-14-28(58-30)22-10-12-25(31(16-22)57-19-34(47)48)36(50)42-26(38(52)53)18-33(45)46/h10-17,21,24,26-27H,5-9,18-20H2,1-4H3,(H,40,49)(H,41,51)(H,42,50)(H,45,46)(H,47,48)(H,52,53)/t24?,26?,27-/m1/s1. The molecule has 0 fully saturated rings. The van der Waals surface area contributed by atoms with Gasteiger partial charge >= 0.3 is 23.9 Å². The van der Waals surface area contributed by atoms with E-state index in [-0.39, 0.29) is 52.8 Å². The lowest BCUT2D eigenvalue weighted by atomic mass is 9.90. The first-order valence-corrected chi connectivity index (χ1v) is 18.3. The molecule has 0 spiro atoms. The summed E-state index contributed by atoms with van der Waals surface area (Å²) in [6.07, 6.45) is 2.19. The van der Waals surface area contributed by atoms with Gasteiger partial charge in [-0.15, -0.1) is 0 Å². The van der Waals surface area contributed by atoms with Gasteiger partial charge in [0.1, 0.15) is 17.6 Å². The van der Waals surface area contributed by atoms with Crippen molar-refractivity contribution in [1.82, 2.24) is 21.0 Å². The lowest BCUT2D eigenvalue weighted by Gasteiger charge is -2.31. The average molecular weight is 827 g/mol. The Labute approximate surface area is 337 Å². The fraction of sp³-hybridized carbons (Fsp3) is 0.385. The third-order valence-electron chi connectivity index (χ3n) is 8.76. The minimum absolute atomic E-state index is 0.0668. The number of carboxylic acids is 3. The maximum Gasteiger partial charge on any atom is 0.363 e. The zero-order chi connectivity index (χ0) is 43.6. The number of methoxy groups -OCH3 is 2. The van der Waals surface area contributed by atoms with Crippen molar-refractivity contribution in [3.63, 3.8) is 0 Å². The smallest absolute Gasteiger partial charge is 0.363 e. The van der Waals surface area contributed by atoms with Crippen molar-refractivity contribution in [3.05, 3.63) is 65.4 Å². The summed E-state index contributed by atoms with van der Waals surface area (Å²) in [5.41, 5.74) is -0.0311. The summed E-state index contributed by atoms with van der Waals surface area (Å²) in [5, 5.41) is 35.4. The van der Waals surface area contributed by atoms with E-state index in [9.17, 15) is 43.5 Å². The fourth-order valence-electron chi connectivity index (χ4n) is 5.81. The number of carbonyl (C=O) groups is 8. The van der Waals surface area contributed by atoms with Crippen molar-refractivity contribution in [3.8, 4) is 28.6 Å². The van der Waals surface area contributed by atoms with Crippen LogP contribution >= 0.6 is 0 Å². The molecule has 1 aromatic heterocycles. The molecule has 59 heavy (non-hydrogen) atoms. The molecule has 3 rings (SSSR count). The van der Waals surface area contributed by atoms with Gasteiger partial charge in [-0.05, 0) is 55.3 Å². The van der Waals surface area contributed by atoms with E-state index >= 15 is 0 Å². The van der Waals surface area contributed by atoms with Crippen LogP contribution in [0.4, 0.5) is 0 Å². The molecule has 20 nitrogen and oxygen atoms in total. The lowest BCUT2D eigenvalue weighted by Crippen LogP contribution is -2.49. The molecule has 0 bridgehead atoms. The molecule has 318 valence electrons. The van der Waals surface area contributed by atoms with Gasteiger partial charge in [-0.2, -0.15) is 5.06 Å². The molecule has 0 saturated heterocycles. The molecule has 2 aromatic carbocycles. The quantitative estimate of drug-likeness (QED) is 0.0310. The number of hydroxylamine groups is 2. The number of nitrogens with one attached hydrogen (secondary N) is 3. The van der Waals surface area contributed by atoms with E-state index in [1.165, 1.54) is 62.8 Å². The minimum atomic E-state index is -1.80.